The van der Waals surface area contributed by atoms with Crippen LogP contribution in [0.4, 0.5) is 0 Å². The molecule has 1 aliphatic carbocycles. The molecule has 0 spiro atoms. The molecule has 0 bridgehead atoms. The third-order valence-electron chi connectivity index (χ3n) is 3.91. The van der Waals surface area contributed by atoms with Crippen LogP contribution in [0.15, 0.2) is 18.2 Å². The highest BCUT2D eigenvalue weighted by molar-refractivity contribution is 5.43. The van der Waals surface area contributed by atoms with Crippen LogP contribution in [0.25, 0.3) is 0 Å². The first-order valence-corrected chi connectivity index (χ1v) is 6.71. The van der Waals surface area contributed by atoms with Crippen molar-refractivity contribution in [1.82, 2.24) is 0 Å². The normalized spacial score (nSPS) is 23.7. The largest absolute Gasteiger partial charge is 0.493 e. The van der Waals surface area contributed by atoms with Gasteiger partial charge in [-0.2, -0.15) is 0 Å². The molecule has 3 heteroatoms. The van der Waals surface area contributed by atoms with Gasteiger partial charge in [-0.1, -0.05) is 18.9 Å². The van der Waals surface area contributed by atoms with Crippen LogP contribution in [-0.4, -0.2) is 20.3 Å². The van der Waals surface area contributed by atoms with Crippen LogP contribution in [-0.2, 0) is 6.42 Å². The summed E-state index contributed by atoms with van der Waals surface area (Å²) in [4.78, 5) is 0. The van der Waals surface area contributed by atoms with Crippen molar-refractivity contribution in [3.63, 3.8) is 0 Å². The number of hydrogen-bond acceptors (Lipinski definition) is 3. The predicted molar refractivity (Wildman–Crippen MR) is 73.2 cm³/mol. The van der Waals surface area contributed by atoms with Gasteiger partial charge in [0.15, 0.2) is 11.5 Å². The lowest BCUT2D eigenvalue weighted by Crippen LogP contribution is -2.34. The predicted octanol–water partition coefficient (Wildman–Crippen LogP) is 2.76. The van der Waals surface area contributed by atoms with E-state index in [1.165, 1.54) is 24.8 Å². The average Bonchev–Trinajstić information content (AvgIpc) is 2.41. The van der Waals surface area contributed by atoms with Gasteiger partial charge in [0.25, 0.3) is 0 Å². The summed E-state index contributed by atoms with van der Waals surface area (Å²) >= 11 is 0. The molecule has 1 saturated carbocycles. The van der Waals surface area contributed by atoms with Crippen molar-refractivity contribution < 1.29 is 9.47 Å². The Kier molecular flexibility index (Phi) is 4.48. The Morgan fingerprint density at radius 3 is 2.50 bits per heavy atom. The van der Waals surface area contributed by atoms with Crippen LogP contribution < -0.4 is 15.2 Å². The first-order valence-electron chi connectivity index (χ1n) is 6.71. The maximum Gasteiger partial charge on any atom is 0.160 e. The van der Waals surface area contributed by atoms with Gasteiger partial charge in [0, 0.05) is 6.04 Å². The van der Waals surface area contributed by atoms with Crippen molar-refractivity contribution in [1.29, 1.82) is 0 Å². The van der Waals surface area contributed by atoms with Gasteiger partial charge in [0.2, 0.25) is 0 Å². The van der Waals surface area contributed by atoms with Gasteiger partial charge in [-0.05, 0) is 42.9 Å². The fraction of sp³-hybridized carbons (Fsp3) is 0.600. The Bertz CT molecular complexity index is 392. The zero-order valence-electron chi connectivity index (χ0n) is 11.3. The Balaban J connectivity index is 2.08. The number of nitrogens with two attached hydrogens (primary N) is 1. The highest BCUT2D eigenvalue weighted by Crippen LogP contribution is 2.31. The Morgan fingerprint density at radius 2 is 1.83 bits per heavy atom. The zero-order valence-corrected chi connectivity index (χ0v) is 11.3. The third kappa shape index (κ3) is 2.96. The van der Waals surface area contributed by atoms with Crippen LogP contribution in [0, 0.1) is 5.92 Å². The number of hydrogen-bond donors (Lipinski definition) is 1. The topological polar surface area (TPSA) is 44.5 Å². The molecule has 3 nitrogen and oxygen atoms in total. The lowest BCUT2D eigenvalue weighted by Gasteiger charge is -2.28. The van der Waals surface area contributed by atoms with Crippen LogP contribution in [0.2, 0.25) is 0 Å². The van der Waals surface area contributed by atoms with Crippen LogP contribution in [0.5, 0.6) is 11.5 Å². The molecule has 0 amide bonds. The molecule has 0 aliphatic heterocycles. The molecule has 2 unspecified atom stereocenters. The SMILES string of the molecule is COc1ccc(CC2CCCCC2N)cc1OC. The first-order chi connectivity index (χ1) is 8.74. The van der Waals surface area contributed by atoms with Crippen molar-refractivity contribution in [3.8, 4) is 11.5 Å². The van der Waals surface area contributed by atoms with E-state index in [2.05, 4.69) is 12.1 Å². The molecule has 1 aromatic carbocycles. The highest BCUT2D eigenvalue weighted by atomic mass is 16.5. The summed E-state index contributed by atoms with van der Waals surface area (Å²) < 4.78 is 10.6. The molecule has 2 atom stereocenters. The fourth-order valence-corrected chi connectivity index (χ4v) is 2.80. The minimum atomic E-state index is 0.354. The summed E-state index contributed by atoms with van der Waals surface area (Å²) in [5.74, 6) is 2.20. The quantitative estimate of drug-likeness (QED) is 0.892. The van der Waals surface area contributed by atoms with Gasteiger partial charge in [-0.3, -0.25) is 0 Å². The van der Waals surface area contributed by atoms with Gasteiger partial charge < -0.3 is 15.2 Å². The third-order valence-corrected chi connectivity index (χ3v) is 3.91. The fourth-order valence-electron chi connectivity index (χ4n) is 2.80. The van der Waals surface area contributed by atoms with E-state index in [0.717, 1.165) is 24.3 Å². The van der Waals surface area contributed by atoms with E-state index in [9.17, 15) is 0 Å². The van der Waals surface area contributed by atoms with Gasteiger partial charge in [0.05, 0.1) is 14.2 Å². The molecular formula is C15H23NO2. The monoisotopic (exact) mass is 249 g/mol. The van der Waals surface area contributed by atoms with Gasteiger partial charge in [-0.15, -0.1) is 0 Å². The maximum absolute atomic E-state index is 6.20. The first kappa shape index (κ1) is 13.2. The Morgan fingerprint density at radius 1 is 1.11 bits per heavy atom. The standard InChI is InChI=1S/C15H23NO2/c1-17-14-8-7-11(10-15(14)18-2)9-12-5-3-4-6-13(12)16/h7-8,10,12-13H,3-6,9,16H2,1-2H3. The van der Waals surface area contributed by atoms with Crippen molar-refractivity contribution in [2.45, 2.75) is 38.1 Å². The zero-order chi connectivity index (χ0) is 13.0. The van der Waals surface area contributed by atoms with Gasteiger partial charge >= 0.3 is 0 Å². The van der Waals surface area contributed by atoms with Crippen molar-refractivity contribution in [2.24, 2.45) is 11.7 Å². The Labute approximate surface area is 109 Å². The van der Waals surface area contributed by atoms with Crippen molar-refractivity contribution in [3.05, 3.63) is 23.8 Å². The molecule has 0 heterocycles. The minimum absolute atomic E-state index is 0.354. The molecule has 0 saturated heterocycles. The van der Waals surface area contributed by atoms with E-state index in [-0.39, 0.29) is 0 Å². The molecule has 1 aromatic rings. The molecule has 0 aromatic heterocycles. The molecular weight excluding hydrogens is 226 g/mol. The van der Waals surface area contributed by atoms with Crippen LogP contribution in [0.3, 0.4) is 0 Å². The lowest BCUT2D eigenvalue weighted by molar-refractivity contribution is 0.305. The second-order valence-corrected chi connectivity index (χ2v) is 5.10. The molecule has 1 aliphatic rings. The van der Waals surface area contributed by atoms with Crippen molar-refractivity contribution in [2.75, 3.05) is 14.2 Å². The minimum Gasteiger partial charge on any atom is -0.493 e. The molecule has 0 radical (unpaired) electrons. The number of methoxy groups -OCH3 is 2. The molecule has 2 rings (SSSR count). The second-order valence-electron chi connectivity index (χ2n) is 5.10. The van der Waals surface area contributed by atoms with E-state index in [0.29, 0.717) is 12.0 Å². The summed E-state index contributed by atoms with van der Waals surface area (Å²) in [6, 6.07) is 6.51. The Hall–Kier alpha value is -1.22. The summed E-state index contributed by atoms with van der Waals surface area (Å²) in [5.41, 5.74) is 7.48. The van der Waals surface area contributed by atoms with Crippen LogP contribution in [0.1, 0.15) is 31.2 Å². The number of rotatable bonds is 4. The van der Waals surface area contributed by atoms with E-state index in [1.807, 2.05) is 6.07 Å². The van der Waals surface area contributed by atoms with E-state index >= 15 is 0 Å². The maximum atomic E-state index is 6.20. The summed E-state index contributed by atoms with van der Waals surface area (Å²) in [5, 5.41) is 0. The lowest BCUT2D eigenvalue weighted by atomic mass is 9.81. The molecule has 100 valence electrons. The summed E-state index contributed by atoms with van der Waals surface area (Å²) in [7, 11) is 3.34. The van der Waals surface area contributed by atoms with Crippen LogP contribution >= 0.6 is 0 Å². The molecule has 18 heavy (non-hydrogen) atoms. The van der Waals surface area contributed by atoms with Crippen molar-refractivity contribution >= 4 is 0 Å². The second kappa shape index (κ2) is 6.10. The molecule has 2 N–H and O–H groups in total. The molecule has 1 fully saturated rings. The average molecular weight is 249 g/mol. The number of ether oxygens (including phenoxy) is 2. The highest BCUT2D eigenvalue weighted by Gasteiger charge is 2.22. The smallest absolute Gasteiger partial charge is 0.160 e. The van der Waals surface area contributed by atoms with E-state index in [4.69, 9.17) is 15.2 Å². The summed E-state index contributed by atoms with van der Waals surface area (Å²) in [6.07, 6.45) is 6.05. The van der Waals surface area contributed by atoms with E-state index < -0.39 is 0 Å². The van der Waals surface area contributed by atoms with Gasteiger partial charge in [0.1, 0.15) is 0 Å². The summed E-state index contributed by atoms with van der Waals surface area (Å²) in [6.45, 7) is 0. The number of benzene rings is 1. The van der Waals surface area contributed by atoms with Gasteiger partial charge in [-0.25, -0.2) is 0 Å². The van der Waals surface area contributed by atoms with E-state index in [1.54, 1.807) is 14.2 Å².